The lowest BCUT2D eigenvalue weighted by molar-refractivity contribution is -0.136. The molecule has 0 radical (unpaired) electrons. The minimum atomic E-state index is -1.26. The Labute approximate surface area is 154 Å². The largest absolute Gasteiger partial charge is 0.507 e. The lowest BCUT2D eigenvalue weighted by Crippen LogP contribution is -2.07. The SMILES string of the molecule is CC(C)Oc1ccc(-c2c(O)ccc3[nH]c(CC(=O)O)c(C(=O)O)c23)cc1. The van der Waals surface area contributed by atoms with E-state index in [0.29, 0.717) is 22.4 Å². The second-order valence-corrected chi connectivity index (χ2v) is 6.43. The number of benzene rings is 2. The topological polar surface area (TPSA) is 120 Å². The van der Waals surface area contributed by atoms with Gasteiger partial charge in [0.1, 0.15) is 11.5 Å². The van der Waals surface area contributed by atoms with E-state index in [1.807, 2.05) is 13.8 Å². The Balaban J connectivity index is 2.23. The van der Waals surface area contributed by atoms with Crippen molar-refractivity contribution in [2.24, 2.45) is 0 Å². The molecule has 0 unspecified atom stereocenters. The second kappa shape index (κ2) is 7.03. The number of aromatic amines is 1. The van der Waals surface area contributed by atoms with E-state index in [2.05, 4.69) is 4.98 Å². The van der Waals surface area contributed by atoms with Crippen LogP contribution in [0.1, 0.15) is 29.9 Å². The zero-order chi connectivity index (χ0) is 19.7. The van der Waals surface area contributed by atoms with Gasteiger partial charge in [0.05, 0.1) is 18.1 Å². The number of aliphatic carboxylic acids is 1. The minimum absolute atomic E-state index is 0.00884. The van der Waals surface area contributed by atoms with Crippen molar-refractivity contribution in [2.45, 2.75) is 26.4 Å². The number of nitrogens with one attached hydrogen (secondary N) is 1. The summed E-state index contributed by atoms with van der Waals surface area (Å²) in [5.74, 6) is -1.85. The second-order valence-electron chi connectivity index (χ2n) is 6.43. The van der Waals surface area contributed by atoms with Gasteiger partial charge in [0.15, 0.2) is 0 Å². The third-order valence-corrected chi connectivity index (χ3v) is 4.08. The van der Waals surface area contributed by atoms with E-state index in [-0.39, 0.29) is 28.5 Å². The number of carbonyl (C=O) groups is 2. The number of hydrogen-bond acceptors (Lipinski definition) is 4. The third-order valence-electron chi connectivity index (χ3n) is 4.08. The van der Waals surface area contributed by atoms with Gasteiger partial charge >= 0.3 is 11.9 Å². The predicted octanol–water partition coefficient (Wildman–Crippen LogP) is 3.65. The average molecular weight is 369 g/mol. The summed E-state index contributed by atoms with van der Waals surface area (Å²) >= 11 is 0. The number of aromatic nitrogens is 1. The molecule has 3 aromatic rings. The molecule has 0 amide bonds. The van der Waals surface area contributed by atoms with Crippen LogP contribution in [0.25, 0.3) is 22.0 Å². The molecule has 0 bridgehead atoms. The Morgan fingerprint density at radius 3 is 2.30 bits per heavy atom. The number of carboxylic acids is 2. The lowest BCUT2D eigenvalue weighted by atomic mass is 9.96. The molecule has 140 valence electrons. The number of hydrogen-bond donors (Lipinski definition) is 4. The molecule has 7 heteroatoms. The van der Waals surface area contributed by atoms with Crippen LogP contribution in [-0.4, -0.2) is 38.3 Å². The molecule has 0 aliphatic carbocycles. The highest BCUT2D eigenvalue weighted by atomic mass is 16.5. The molecule has 1 aromatic heterocycles. The van der Waals surface area contributed by atoms with Crippen LogP contribution < -0.4 is 4.74 Å². The minimum Gasteiger partial charge on any atom is -0.507 e. The standard InChI is InChI=1S/C20H19NO6/c1-10(2)27-12-5-3-11(4-6-12)17-15(22)8-7-13-18(17)19(20(25)26)14(21-13)9-16(23)24/h3-8,10,21-22H,9H2,1-2H3,(H,23,24)(H,25,26). The van der Waals surface area contributed by atoms with Crippen LogP contribution in [0, 0.1) is 0 Å². The summed E-state index contributed by atoms with van der Waals surface area (Å²) in [7, 11) is 0. The van der Waals surface area contributed by atoms with E-state index >= 15 is 0 Å². The summed E-state index contributed by atoms with van der Waals surface area (Å²) in [5, 5.41) is 29.4. The first-order valence-corrected chi connectivity index (χ1v) is 8.36. The molecule has 7 nitrogen and oxygen atoms in total. The Kier molecular flexibility index (Phi) is 4.77. The number of carboxylic acid groups (broad SMARTS) is 2. The zero-order valence-corrected chi connectivity index (χ0v) is 14.8. The maximum atomic E-state index is 11.8. The molecular formula is C20H19NO6. The highest BCUT2D eigenvalue weighted by Crippen LogP contribution is 2.40. The van der Waals surface area contributed by atoms with Gasteiger partial charge in [0, 0.05) is 22.2 Å². The fraction of sp³-hybridized carbons (Fsp3) is 0.200. The normalized spacial score (nSPS) is 11.1. The summed E-state index contributed by atoms with van der Waals surface area (Å²) in [4.78, 5) is 25.8. The van der Waals surface area contributed by atoms with Gasteiger partial charge in [0.25, 0.3) is 0 Å². The van der Waals surface area contributed by atoms with Crippen LogP contribution in [0.4, 0.5) is 0 Å². The smallest absolute Gasteiger partial charge is 0.338 e. The maximum absolute atomic E-state index is 11.8. The molecule has 0 atom stereocenters. The van der Waals surface area contributed by atoms with Gasteiger partial charge in [0.2, 0.25) is 0 Å². The first kappa shape index (κ1) is 18.3. The van der Waals surface area contributed by atoms with E-state index in [1.54, 1.807) is 24.3 Å². The molecule has 0 fully saturated rings. The molecule has 4 N–H and O–H groups in total. The van der Waals surface area contributed by atoms with Crippen LogP contribution >= 0.6 is 0 Å². The molecular weight excluding hydrogens is 350 g/mol. The molecule has 1 heterocycles. The molecule has 0 aliphatic heterocycles. The Bertz CT molecular complexity index is 1020. The highest BCUT2D eigenvalue weighted by molar-refractivity contribution is 6.12. The van der Waals surface area contributed by atoms with Crippen LogP contribution in [0.15, 0.2) is 36.4 Å². The quantitative estimate of drug-likeness (QED) is 0.526. The summed E-state index contributed by atoms with van der Waals surface area (Å²) in [6, 6.07) is 9.90. The summed E-state index contributed by atoms with van der Waals surface area (Å²) in [5.41, 5.74) is 1.29. The number of phenolic OH excluding ortho intramolecular Hbond substituents is 1. The fourth-order valence-corrected chi connectivity index (χ4v) is 3.12. The first-order valence-electron chi connectivity index (χ1n) is 8.36. The van der Waals surface area contributed by atoms with Crippen molar-refractivity contribution in [3.63, 3.8) is 0 Å². The van der Waals surface area contributed by atoms with Gasteiger partial charge in [-0.15, -0.1) is 0 Å². The summed E-state index contributed by atoms with van der Waals surface area (Å²) in [6.07, 6.45) is -0.452. The third kappa shape index (κ3) is 3.57. The van der Waals surface area contributed by atoms with Gasteiger partial charge in [-0.25, -0.2) is 4.79 Å². The van der Waals surface area contributed by atoms with Crippen molar-refractivity contribution in [2.75, 3.05) is 0 Å². The summed E-state index contributed by atoms with van der Waals surface area (Å²) < 4.78 is 5.60. The number of aromatic carboxylic acids is 1. The van der Waals surface area contributed by atoms with E-state index in [1.165, 1.54) is 12.1 Å². The number of aromatic hydroxyl groups is 1. The van der Waals surface area contributed by atoms with Gasteiger partial charge in [-0.05, 0) is 43.7 Å². The lowest BCUT2D eigenvalue weighted by Gasteiger charge is -2.12. The molecule has 0 saturated carbocycles. The number of phenols is 1. The monoisotopic (exact) mass is 369 g/mol. The van der Waals surface area contributed by atoms with Crippen LogP contribution in [0.5, 0.6) is 11.5 Å². The molecule has 0 saturated heterocycles. The average Bonchev–Trinajstić information content (AvgIpc) is 2.92. The number of rotatable bonds is 6. The van der Waals surface area contributed by atoms with Gasteiger partial charge in [-0.3, -0.25) is 4.79 Å². The zero-order valence-electron chi connectivity index (χ0n) is 14.8. The van der Waals surface area contributed by atoms with Crippen molar-refractivity contribution < 1.29 is 29.6 Å². The number of H-pyrrole nitrogens is 1. The maximum Gasteiger partial charge on any atom is 0.338 e. The van der Waals surface area contributed by atoms with E-state index < -0.39 is 18.4 Å². The van der Waals surface area contributed by atoms with E-state index in [0.717, 1.165) is 0 Å². The number of ether oxygens (including phenoxy) is 1. The van der Waals surface area contributed by atoms with Crippen molar-refractivity contribution in [3.8, 4) is 22.6 Å². The van der Waals surface area contributed by atoms with Gasteiger partial charge in [-0.1, -0.05) is 12.1 Å². The van der Waals surface area contributed by atoms with Gasteiger partial charge < -0.3 is 25.0 Å². The first-order chi connectivity index (χ1) is 12.8. The molecule has 27 heavy (non-hydrogen) atoms. The Morgan fingerprint density at radius 1 is 1.07 bits per heavy atom. The van der Waals surface area contributed by atoms with Crippen molar-refractivity contribution in [1.82, 2.24) is 4.98 Å². The summed E-state index contributed by atoms with van der Waals surface area (Å²) in [6.45, 7) is 3.81. The van der Waals surface area contributed by atoms with Crippen LogP contribution in [-0.2, 0) is 11.2 Å². The number of fused-ring (bicyclic) bond motifs is 1. The molecule has 2 aromatic carbocycles. The highest BCUT2D eigenvalue weighted by Gasteiger charge is 2.24. The van der Waals surface area contributed by atoms with E-state index in [9.17, 15) is 19.8 Å². The Morgan fingerprint density at radius 2 is 1.74 bits per heavy atom. The predicted molar refractivity (Wildman–Crippen MR) is 99.5 cm³/mol. The fourth-order valence-electron chi connectivity index (χ4n) is 3.12. The van der Waals surface area contributed by atoms with Crippen LogP contribution in [0.3, 0.4) is 0 Å². The Hall–Kier alpha value is -3.48. The van der Waals surface area contributed by atoms with Crippen molar-refractivity contribution >= 4 is 22.8 Å². The molecule has 0 spiro atoms. The van der Waals surface area contributed by atoms with Gasteiger partial charge in [-0.2, -0.15) is 0 Å². The van der Waals surface area contributed by atoms with Crippen molar-refractivity contribution in [3.05, 3.63) is 47.7 Å². The van der Waals surface area contributed by atoms with Crippen LogP contribution in [0.2, 0.25) is 0 Å². The van der Waals surface area contributed by atoms with E-state index in [4.69, 9.17) is 9.84 Å². The van der Waals surface area contributed by atoms with Crippen molar-refractivity contribution in [1.29, 1.82) is 0 Å². The molecule has 3 rings (SSSR count). The molecule has 0 aliphatic rings.